The fourth-order valence-corrected chi connectivity index (χ4v) is 2.71. The van der Waals surface area contributed by atoms with Crippen LogP contribution in [0.4, 0.5) is 0 Å². The minimum absolute atomic E-state index is 0. The van der Waals surface area contributed by atoms with Crippen molar-refractivity contribution in [1.29, 1.82) is 0 Å². The molecule has 5 heteroatoms. The van der Waals surface area contributed by atoms with Gasteiger partial charge < -0.3 is 15.4 Å². The Morgan fingerprint density at radius 1 is 1.22 bits per heavy atom. The van der Waals surface area contributed by atoms with E-state index in [2.05, 4.69) is 0 Å². The van der Waals surface area contributed by atoms with E-state index in [1.165, 1.54) is 6.42 Å². The van der Waals surface area contributed by atoms with E-state index in [0.29, 0.717) is 12.3 Å². The molecule has 1 atom stereocenters. The maximum atomic E-state index is 12.1. The number of piperidine rings is 1. The van der Waals surface area contributed by atoms with Crippen molar-refractivity contribution in [1.82, 2.24) is 4.90 Å². The molecular formula is C13H25ClN2O2. The Morgan fingerprint density at radius 3 is 2.50 bits per heavy atom. The predicted octanol–water partition coefficient (Wildman–Crippen LogP) is 1.56. The molecule has 0 radical (unpaired) electrons. The highest BCUT2D eigenvalue weighted by Gasteiger charge is 2.25. The molecular weight excluding hydrogens is 252 g/mol. The van der Waals surface area contributed by atoms with Gasteiger partial charge in [0, 0.05) is 19.7 Å². The number of ether oxygens (including phenoxy) is 1. The maximum absolute atomic E-state index is 12.1. The molecule has 4 nitrogen and oxygen atoms in total. The Hall–Kier alpha value is -0.320. The van der Waals surface area contributed by atoms with E-state index < -0.39 is 0 Å². The quantitative estimate of drug-likeness (QED) is 0.851. The van der Waals surface area contributed by atoms with Gasteiger partial charge in [-0.05, 0) is 44.6 Å². The van der Waals surface area contributed by atoms with Crippen LogP contribution in [-0.2, 0) is 9.53 Å². The van der Waals surface area contributed by atoms with Gasteiger partial charge in [-0.1, -0.05) is 0 Å². The van der Waals surface area contributed by atoms with Crippen LogP contribution in [0.3, 0.4) is 0 Å². The molecule has 0 aliphatic carbocycles. The standard InChI is InChI=1S/C13H24N2O2.ClH/c14-10-11-4-6-15(7-5-11)13(16)9-12-3-1-2-8-17-12;/h11-12H,1-10,14H2;1H. The van der Waals surface area contributed by atoms with Crippen LogP contribution in [0.5, 0.6) is 0 Å². The van der Waals surface area contributed by atoms with E-state index in [1.807, 2.05) is 4.90 Å². The highest BCUT2D eigenvalue weighted by atomic mass is 35.5. The van der Waals surface area contributed by atoms with Crippen LogP contribution < -0.4 is 5.73 Å². The minimum Gasteiger partial charge on any atom is -0.378 e. The number of rotatable bonds is 3. The molecule has 2 fully saturated rings. The van der Waals surface area contributed by atoms with Gasteiger partial charge in [-0.3, -0.25) is 4.79 Å². The molecule has 2 heterocycles. The summed E-state index contributed by atoms with van der Waals surface area (Å²) in [7, 11) is 0. The number of hydrogen-bond acceptors (Lipinski definition) is 3. The summed E-state index contributed by atoms with van der Waals surface area (Å²) in [6.45, 7) is 3.35. The summed E-state index contributed by atoms with van der Waals surface area (Å²) in [4.78, 5) is 14.1. The van der Waals surface area contributed by atoms with E-state index in [-0.39, 0.29) is 24.4 Å². The second kappa shape index (κ2) is 7.97. The number of amides is 1. The normalized spacial score (nSPS) is 25.6. The molecule has 106 valence electrons. The highest BCUT2D eigenvalue weighted by Crippen LogP contribution is 2.20. The second-order valence-corrected chi connectivity index (χ2v) is 5.25. The largest absolute Gasteiger partial charge is 0.378 e. The predicted molar refractivity (Wildman–Crippen MR) is 73.8 cm³/mol. The average Bonchev–Trinajstić information content (AvgIpc) is 2.40. The summed E-state index contributed by atoms with van der Waals surface area (Å²) in [6.07, 6.45) is 6.27. The Kier molecular flexibility index (Phi) is 6.97. The molecule has 2 N–H and O–H groups in total. The number of carbonyl (C=O) groups is 1. The summed E-state index contributed by atoms with van der Waals surface area (Å²) in [5.74, 6) is 0.886. The first kappa shape index (κ1) is 15.7. The SMILES string of the molecule is Cl.NCC1CCN(C(=O)CC2CCCCO2)CC1. The van der Waals surface area contributed by atoms with Crippen LogP contribution in [0.25, 0.3) is 0 Å². The second-order valence-electron chi connectivity index (χ2n) is 5.25. The molecule has 0 aromatic heterocycles. The highest BCUT2D eigenvalue weighted by molar-refractivity contribution is 5.85. The topological polar surface area (TPSA) is 55.6 Å². The van der Waals surface area contributed by atoms with Crippen molar-refractivity contribution < 1.29 is 9.53 Å². The van der Waals surface area contributed by atoms with Gasteiger partial charge in [-0.25, -0.2) is 0 Å². The van der Waals surface area contributed by atoms with Crippen LogP contribution in [-0.4, -0.2) is 43.2 Å². The maximum Gasteiger partial charge on any atom is 0.225 e. The smallest absolute Gasteiger partial charge is 0.225 e. The fraction of sp³-hybridized carbons (Fsp3) is 0.923. The Bertz CT molecular complexity index is 249. The fourth-order valence-electron chi connectivity index (χ4n) is 2.71. The molecule has 2 saturated heterocycles. The number of halogens is 1. The zero-order chi connectivity index (χ0) is 12.1. The Morgan fingerprint density at radius 2 is 1.94 bits per heavy atom. The molecule has 0 spiro atoms. The molecule has 18 heavy (non-hydrogen) atoms. The summed E-state index contributed by atoms with van der Waals surface area (Å²) >= 11 is 0. The first-order valence-electron chi connectivity index (χ1n) is 6.89. The van der Waals surface area contributed by atoms with Gasteiger partial charge in [-0.15, -0.1) is 12.4 Å². The molecule has 2 aliphatic heterocycles. The van der Waals surface area contributed by atoms with Gasteiger partial charge in [0.1, 0.15) is 0 Å². The van der Waals surface area contributed by atoms with E-state index in [0.717, 1.165) is 51.9 Å². The van der Waals surface area contributed by atoms with Crippen molar-refractivity contribution >= 4 is 18.3 Å². The lowest BCUT2D eigenvalue weighted by atomic mass is 9.96. The first-order valence-corrected chi connectivity index (χ1v) is 6.89. The minimum atomic E-state index is 0. The third-order valence-corrected chi connectivity index (χ3v) is 3.98. The van der Waals surface area contributed by atoms with Gasteiger partial charge in [0.2, 0.25) is 5.91 Å². The van der Waals surface area contributed by atoms with Crippen LogP contribution >= 0.6 is 12.4 Å². The third kappa shape index (κ3) is 4.41. The van der Waals surface area contributed by atoms with Crippen molar-refractivity contribution in [2.24, 2.45) is 11.7 Å². The summed E-state index contributed by atoms with van der Waals surface area (Å²) in [5.41, 5.74) is 5.65. The lowest BCUT2D eigenvalue weighted by molar-refractivity contribution is -0.136. The number of likely N-dealkylation sites (tertiary alicyclic amines) is 1. The van der Waals surface area contributed by atoms with Crippen molar-refractivity contribution in [2.45, 2.75) is 44.6 Å². The zero-order valence-electron chi connectivity index (χ0n) is 11.0. The zero-order valence-corrected chi connectivity index (χ0v) is 11.8. The summed E-state index contributed by atoms with van der Waals surface area (Å²) in [6, 6.07) is 0. The van der Waals surface area contributed by atoms with Gasteiger partial charge in [0.25, 0.3) is 0 Å². The van der Waals surface area contributed by atoms with Crippen LogP contribution in [0.2, 0.25) is 0 Å². The number of nitrogens with zero attached hydrogens (tertiary/aromatic N) is 1. The average molecular weight is 277 g/mol. The Labute approximate surface area is 116 Å². The molecule has 2 rings (SSSR count). The van der Waals surface area contributed by atoms with Gasteiger partial charge >= 0.3 is 0 Å². The van der Waals surface area contributed by atoms with Crippen LogP contribution in [0.15, 0.2) is 0 Å². The van der Waals surface area contributed by atoms with E-state index in [9.17, 15) is 4.79 Å². The molecule has 0 bridgehead atoms. The molecule has 2 aliphatic rings. The van der Waals surface area contributed by atoms with E-state index >= 15 is 0 Å². The Balaban J connectivity index is 0.00000162. The van der Waals surface area contributed by atoms with Crippen LogP contribution in [0, 0.1) is 5.92 Å². The lowest BCUT2D eigenvalue weighted by Crippen LogP contribution is -2.41. The summed E-state index contributed by atoms with van der Waals surface area (Å²) in [5, 5.41) is 0. The molecule has 0 saturated carbocycles. The molecule has 1 unspecified atom stereocenters. The molecule has 0 aromatic rings. The molecule has 1 amide bonds. The van der Waals surface area contributed by atoms with Gasteiger partial charge in [-0.2, -0.15) is 0 Å². The summed E-state index contributed by atoms with van der Waals surface area (Å²) < 4.78 is 5.61. The third-order valence-electron chi connectivity index (χ3n) is 3.98. The van der Waals surface area contributed by atoms with Crippen molar-refractivity contribution in [2.75, 3.05) is 26.2 Å². The monoisotopic (exact) mass is 276 g/mol. The van der Waals surface area contributed by atoms with Crippen molar-refractivity contribution in [3.63, 3.8) is 0 Å². The lowest BCUT2D eigenvalue weighted by Gasteiger charge is -2.33. The van der Waals surface area contributed by atoms with Crippen LogP contribution in [0.1, 0.15) is 38.5 Å². The van der Waals surface area contributed by atoms with Crippen molar-refractivity contribution in [3.8, 4) is 0 Å². The molecule has 0 aromatic carbocycles. The number of hydrogen-bond donors (Lipinski definition) is 1. The van der Waals surface area contributed by atoms with Gasteiger partial charge in [0.05, 0.1) is 12.5 Å². The van der Waals surface area contributed by atoms with Crippen molar-refractivity contribution in [3.05, 3.63) is 0 Å². The number of carbonyl (C=O) groups excluding carboxylic acids is 1. The van der Waals surface area contributed by atoms with E-state index in [1.54, 1.807) is 0 Å². The first-order chi connectivity index (χ1) is 8.29. The van der Waals surface area contributed by atoms with E-state index in [4.69, 9.17) is 10.5 Å². The van der Waals surface area contributed by atoms with Gasteiger partial charge in [0.15, 0.2) is 0 Å². The number of nitrogens with two attached hydrogens (primary N) is 1.